The van der Waals surface area contributed by atoms with Gasteiger partial charge in [0.15, 0.2) is 5.69 Å². The standard InChI is InChI=1S/C13H16N4O4/c14-11(18)8-3-6-17(7-4-8)13(21)16-9-2-1-5-15-10(9)12(19)20/h1-2,5,8H,3-4,6-7H2,(H2,14,18)(H,16,21)(H,19,20). The molecule has 0 bridgehead atoms. The molecule has 0 aliphatic carbocycles. The molecule has 0 radical (unpaired) electrons. The van der Waals surface area contributed by atoms with Gasteiger partial charge in [-0.15, -0.1) is 0 Å². The molecule has 8 nitrogen and oxygen atoms in total. The normalized spacial score (nSPS) is 15.5. The van der Waals surface area contributed by atoms with Crippen molar-refractivity contribution in [1.82, 2.24) is 9.88 Å². The van der Waals surface area contributed by atoms with Gasteiger partial charge in [-0.25, -0.2) is 14.6 Å². The van der Waals surface area contributed by atoms with E-state index in [1.165, 1.54) is 17.2 Å². The second kappa shape index (κ2) is 6.21. The SMILES string of the molecule is NC(=O)C1CCN(C(=O)Nc2cccnc2C(=O)O)CC1. The van der Waals surface area contributed by atoms with E-state index in [0.29, 0.717) is 25.9 Å². The van der Waals surface area contributed by atoms with Gasteiger partial charge in [0, 0.05) is 25.2 Å². The number of amides is 3. The predicted octanol–water partition coefficient (Wildman–Crippen LogP) is 0.509. The fraction of sp³-hybridized carbons (Fsp3) is 0.385. The number of pyridine rings is 1. The molecule has 0 atom stereocenters. The minimum absolute atomic E-state index is 0.145. The third-order valence-electron chi connectivity index (χ3n) is 3.44. The van der Waals surface area contributed by atoms with Crippen molar-refractivity contribution < 1.29 is 19.5 Å². The summed E-state index contributed by atoms with van der Waals surface area (Å²) >= 11 is 0. The van der Waals surface area contributed by atoms with Crippen molar-refractivity contribution in [3.8, 4) is 0 Å². The molecule has 0 aromatic carbocycles. The Bertz CT molecular complexity index is 567. The molecule has 4 N–H and O–H groups in total. The first kappa shape index (κ1) is 14.8. The minimum atomic E-state index is -1.21. The minimum Gasteiger partial charge on any atom is -0.476 e. The molecule has 0 spiro atoms. The van der Waals surface area contributed by atoms with Gasteiger partial charge in [-0.3, -0.25) is 4.79 Å². The fourth-order valence-electron chi connectivity index (χ4n) is 2.24. The van der Waals surface area contributed by atoms with Crippen molar-refractivity contribution in [2.24, 2.45) is 11.7 Å². The number of aromatic nitrogens is 1. The van der Waals surface area contributed by atoms with Gasteiger partial charge in [-0.05, 0) is 25.0 Å². The van der Waals surface area contributed by atoms with Crippen molar-refractivity contribution in [1.29, 1.82) is 0 Å². The number of hydrogen-bond donors (Lipinski definition) is 3. The van der Waals surface area contributed by atoms with Crippen LogP contribution >= 0.6 is 0 Å². The molecule has 8 heteroatoms. The number of carbonyl (C=O) groups is 3. The van der Waals surface area contributed by atoms with Gasteiger partial charge < -0.3 is 21.1 Å². The molecule has 3 amide bonds. The fourth-order valence-corrected chi connectivity index (χ4v) is 2.24. The Morgan fingerprint density at radius 2 is 2.00 bits per heavy atom. The quantitative estimate of drug-likeness (QED) is 0.748. The Labute approximate surface area is 120 Å². The zero-order valence-corrected chi connectivity index (χ0v) is 11.3. The molecular weight excluding hydrogens is 276 g/mol. The molecule has 0 saturated carbocycles. The van der Waals surface area contributed by atoms with Crippen LogP contribution in [0.15, 0.2) is 18.3 Å². The molecule has 1 aromatic heterocycles. The van der Waals surface area contributed by atoms with Crippen molar-refractivity contribution in [2.45, 2.75) is 12.8 Å². The lowest BCUT2D eigenvalue weighted by Gasteiger charge is -2.30. The highest BCUT2D eigenvalue weighted by Gasteiger charge is 2.26. The lowest BCUT2D eigenvalue weighted by Crippen LogP contribution is -2.43. The van der Waals surface area contributed by atoms with Gasteiger partial charge in [0.25, 0.3) is 0 Å². The Balaban J connectivity index is 2.00. The van der Waals surface area contributed by atoms with Gasteiger partial charge in [-0.2, -0.15) is 0 Å². The molecule has 1 saturated heterocycles. The van der Waals surface area contributed by atoms with Crippen molar-refractivity contribution >= 4 is 23.6 Å². The monoisotopic (exact) mass is 292 g/mol. The van der Waals surface area contributed by atoms with E-state index in [4.69, 9.17) is 10.8 Å². The average molecular weight is 292 g/mol. The zero-order valence-electron chi connectivity index (χ0n) is 11.3. The number of nitrogens with zero attached hydrogens (tertiary/aromatic N) is 2. The van der Waals surface area contributed by atoms with Crippen LogP contribution in [0.2, 0.25) is 0 Å². The summed E-state index contributed by atoms with van der Waals surface area (Å²) in [4.78, 5) is 39.4. The number of anilines is 1. The highest BCUT2D eigenvalue weighted by atomic mass is 16.4. The second-order valence-electron chi connectivity index (χ2n) is 4.80. The van der Waals surface area contributed by atoms with Crippen LogP contribution in [-0.4, -0.2) is 46.0 Å². The largest absolute Gasteiger partial charge is 0.476 e. The number of carbonyl (C=O) groups excluding carboxylic acids is 2. The van der Waals surface area contributed by atoms with Crippen LogP contribution in [0, 0.1) is 5.92 Å². The maximum atomic E-state index is 12.1. The average Bonchev–Trinajstić information content (AvgIpc) is 2.47. The van der Waals surface area contributed by atoms with Crippen LogP contribution in [0.3, 0.4) is 0 Å². The third-order valence-corrected chi connectivity index (χ3v) is 3.44. The van der Waals surface area contributed by atoms with Gasteiger partial charge >= 0.3 is 12.0 Å². The number of piperidine rings is 1. The van der Waals surface area contributed by atoms with Gasteiger partial charge in [0.2, 0.25) is 5.91 Å². The molecule has 1 fully saturated rings. The van der Waals surface area contributed by atoms with Crippen molar-refractivity contribution in [3.05, 3.63) is 24.0 Å². The van der Waals surface area contributed by atoms with Gasteiger partial charge in [0.1, 0.15) is 0 Å². The third kappa shape index (κ3) is 3.47. The highest BCUT2D eigenvalue weighted by molar-refractivity contribution is 5.98. The maximum absolute atomic E-state index is 12.1. The lowest BCUT2D eigenvalue weighted by atomic mass is 9.96. The Kier molecular flexibility index (Phi) is 4.36. The number of aromatic carboxylic acids is 1. The molecule has 2 heterocycles. The molecule has 21 heavy (non-hydrogen) atoms. The summed E-state index contributed by atoms with van der Waals surface area (Å²) in [5, 5.41) is 11.5. The Morgan fingerprint density at radius 1 is 1.33 bits per heavy atom. The first-order valence-corrected chi connectivity index (χ1v) is 6.52. The topological polar surface area (TPSA) is 126 Å². The van der Waals surface area contributed by atoms with Crippen LogP contribution in [-0.2, 0) is 4.79 Å². The van der Waals surface area contributed by atoms with E-state index >= 15 is 0 Å². The number of nitrogens with two attached hydrogens (primary N) is 1. The van der Waals surface area contributed by atoms with Crippen molar-refractivity contribution in [3.63, 3.8) is 0 Å². The van der Waals surface area contributed by atoms with Crippen molar-refractivity contribution in [2.75, 3.05) is 18.4 Å². The lowest BCUT2D eigenvalue weighted by molar-refractivity contribution is -0.122. The molecule has 0 unspecified atom stereocenters. The van der Waals surface area contributed by atoms with Crippen LogP contribution in [0.4, 0.5) is 10.5 Å². The van der Waals surface area contributed by atoms with E-state index in [-0.39, 0.29) is 23.2 Å². The number of carboxylic acid groups (broad SMARTS) is 1. The maximum Gasteiger partial charge on any atom is 0.356 e. The van der Waals surface area contributed by atoms with Crippen LogP contribution in [0.25, 0.3) is 0 Å². The van der Waals surface area contributed by atoms with Crippen LogP contribution in [0.1, 0.15) is 23.3 Å². The number of nitrogens with one attached hydrogen (secondary N) is 1. The molecule has 1 aliphatic rings. The zero-order chi connectivity index (χ0) is 15.4. The molecule has 112 valence electrons. The summed E-state index contributed by atoms with van der Waals surface area (Å²) in [7, 11) is 0. The summed E-state index contributed by atoms with van der Waals surface area (Å²) in [6.07, 6.45) is 2.38. The summed E-state index contributed by atoms with van der Waals surface area (Å²) < 4.78 is 0. The number of likely N-dealkylation sites (tertiary alicyclic amines) is 1. The van der Waals surface area contributed by atoms with Gasteiger partial charge in [-0.1, -0.05) is 0 Å². The summed E-state index contributed by atoms with van der Waals surface area (Å²) in [5.74, 6) is -1.77. The highest BCUT2D eigenvalue weighted by Crippen LogP contribution is 2.18. The summed E-state index contributed by atoms with van der Waals surface area (Å²) in [5.41, 5.74) is 5.17. The summed E-state index contributed by atoms with van der Waals surface area (Å²) in [6, 6.07) is 2.61. The number of hydrogen-bond acceptors (Lipinski definition) is 4. The number of rotatable bonds is 3. The molecular formula is C13H16N4O4. The summed E-state index contributed by atoms with van der Waals surface area (Å²) in [6.45, 7) is 0.810. The second-order valence-corrected chi connectivity index (χ2v) is 4.80. The molecule has 1 aromatic rings. The smallest absolute Gasteiger partial charge is 0.356 e. The number of carboxylic acids is 1. The first-order chi connectivity index (χ1) is 9.99. The van der Waals surface area contributed by atoms with Crippen LogP contribution < -0.4 is 11.1 Å². The van der Waals surface area contributed by atoms with E-state index in [9.17, 15) is 14.4 Å². The first-order valence-electron chi connectivity index (χ1n) is 6.52. The number of urea groups is 1. The van der Waals surface area contributed by atoms with E-state index in [2.05, 4.69) is 10.3 Å². The predicted molar refractivity (Wildman–Crippen MR) is 73.7 cm³/mol. The molecule has 1 aliphatic heterocycles. The Hall–Kier alpha value is -2.64. The van der Waals surface area contributed by atoms with E-state index < -0.39 is 12.0 Å². The van der Waals surface area contributed by atoms with Crippen LogP contribution in [0.5, 0.6) is 0 Å². The van der Waals surface area contributed by atoms with Gasteiger partial charge in [0.05, 0.1) is 5.69 Å². The Morgan fingerprint density at radius 3 is 2.57 bits per heavy atom. The van der Waals surface area contributed by atoms with E-state index in [1.54, 1.807) is 6.07 Å². The van der Waals surface area contributed by atoms with E-state index in [0.717, 1.165) is 0 Å². The molecule has 2 rings (SSSR count). The number of primary amides is 1. The van der Waals surface area contributed by atoms with E-state index in [1.807, 2.05) is 0 Å².